The van der Waals surface area contributed by atoms with Crippen LogP contribution >= 0.6 is 0 Å². The van der Waals surface area contributed by atoms with E-state index >= 15 is 0 Å². The number of nitrogens with one attached hydrogen (secondary N) is 1. The monoisotopic (exact) mass is 367 g/mol. The van der Waals surface area contributed by atoms with Gasteiger partial charge in [0.25, 0.3) is 5.91 Å². The number of ether oxygens (including phenoxy) is 3. The average molecular weight is 367 g/mol. The van der Waals surface area contributed by atoms with Crippen molar-refractivity contribution < 1.29 is 23.8 Å². The molecule has 1 saturated carbocycles. The normalized spacial score (nSPS) is 21.8. The smallest absolute Gasteiger partial charge is 0.352 e. The van der Waals surface area contributed by atoms with Crippen LogP contribution in [0.15, 0.2) is 54.6 Å². The van der Waals surface area contributed by atoms with Crippen molar-refractivity contribution in [2.45, 2.75) is 44.1 Å². The van der Waals surface area contributed by atoms with E-state index in [1.165, 1.54) is 0 Å². The van der Waals surface area contributed by atoms with Crippen LogP contribution in [0.3, 0.4) is 0 Å². The van der Waals surface area contributed by atoms with Crippen LogP contribution in [-0.2, 0) is 14.3 Å². The fraction of sp³-hybridized carbons (Fsp3) is 0.333. The third kappa shape index (κ3) is 3.89. The summed E-state index contributed by atoms with van der Waals surface area (Å²) in [5, 5.41) is 2.90. The highest BCUT2D eigenvalue weighted by atomic mass is 16.6. The number of hydrogen-bond donors (Lipinski definition) is 1. The molecule has 2 aliphatic rings. The molecule has 4 rings (SSSR count). The van der Waals surface area contributed by atoms with Gasteiger partial charge in [-0.1, -0.05) is 42.5 Å². The molecule has 3 atom stereocenters. The highest BCUT2D eigenvalue weighted by molar-refractivity contribution is 5.86. The maximum absolute atomic E-state index is 12.8. The highest BCUT2D eigenvalue weighted by Gasteiger charge is 2.39. The van der Waals surface area contributed by atoms with Crippen molar-refractivity contribution >= 4 is 11.9 Å². The molecule has 1 aliphatic carbocycles. The minimum atomic E-state index is -1.02. The summed E-state index contributed by atoms with van der Waals surface area (Å²) in [6, 6.07) is 16.3. The molecule has 0 bridgehead atoms. The van der Waals surface area contributed by atoms with Gasteiger partial charge in [0.1, 0.15) is 6.10 Å². The second-order valence-electron chi connectivity index (χ2n) is 6.82. The van der Waals surface area contributed by atoms with Gasteiger partial charge in [0.05, 0.1) is 0 Å². The fourth-order valence-electron chi connectivity index (χ4n) is 2.97. The summed E-state index contributed by atoms with van der Waals surface area (Å²) in [5.41, 5.74) is 0.619. The lowest BCUT2D eigenvalue weighted by molar-refractivity contribution is -0.168. The van der Waals surface area contributed by atoms with E-state index in [0.717, 1.165) is 12.8 Å². The summed E-state index contributed by atoms with van der Waals surface area (Å²) in [4.78, 5) is 25.4. The second kappa shape index (κ2) is 7.31. The van der Waals surface area contributed by atoms with Gasteiger partial charge < -0.3 is 19.5 Å². The Balaban J connectivity index is 1.52. The summed E-state index contributed by atoms with van der Waals surface area (Å²) in [7, 11) is 0. The van der Waals surface area contributed by atoms with Gasteiger partial charge in [-0.2, -0.15) is 0 Å². The van der Waals surface area contributed by atoms with E-state index in [9.17, 15) is 9.59 Å². The molecule has 0 spiro atoms. The van der Waals surface area contributed by atoms with E-state index < -0.39 is 24.3 Å². The molecule has 2 aromatic carbocycles. The van der Waals surface area contributed by atoms with Crippen molar-refractivity contribution in [1.29, 1.82) is 0 Å². The third-order valence-corrected chi connectivity index (χ3v) is 4.57. The Kier molecular flexibility index (Phi) is 4.71. The Hall–Kier alpha value is -3.02. The Morgan fingerprint density at radius 3 is 2.30 bits per heavy atom. The maximum Gasteiger partial charge on any atom is 0.352 e. The predicted molar refractivity (Wildman–Crippen MR) is 97.4 cm³/mol. The van der Waals surface area contributed by atoms with Crippen LogP contribution < -0.4 is 14.8 Å². The lowest BCUT2D eigenvalue weighted by Gasteiger charge is -2.31. The molecule has 2 aromatic rings. The first-order valence-corrected chi connectivity index (χ1v) is 9.10. The quantitative estimate of drug-likeness (QED) is 0.823. The third-order valence-electron chi connectivity index (χ3n) is 4.57. The molecular formula is C21H21NO5. The minimum absolute atomic E-state index is 0.169. The predicted octanol–water partition coefficient (Wildman–Crippen LogP) is 2.78. The van der Waals surface area contributed by atoms with E-state index in [1.54, 1.807) is 49.4 Å². The SMILES string of the molecule is C[C@@H]1Oc2ccccc2O[C@@H]1C(=O)O[C@@H](C(=O)NC1CC1)c1ccccc1. The average Bonchev–Trinajstić information content (AvgIpc) is 3.50. The second-order valence-corrected chi connectivity index (χ2v) is 6.82. The molecule has 1 fully saturated rings. The number of carbonyl (C=O) groups is 2. The summed E-state index contributed by atoms with van der Waals surface area (Å²) < 4.78 is 17.1. The number of hydrogen-bond acceptors (Lipinski definition) is 5. The zero-order valence-corrected chi connectivity index (χ0v) is 15.0. The summed E-state index contributed by atoms with van der Waals surface area (Å²) in [6.07, 6.45) is -0.592. The molecule has 0 unspecified atom stereocenters. The van der Waals surface area contributed by atoms with Gasteiger partial charge in [0.2, 0.25) is 12.2 Å². The van der Waals surface area contributed by atoms with Gasteiger partial charge in [-0.15, -0.1) is 0 Å². The van der Waals surface area contributed by atoms with Crippen LogP contribution in [0.4, 0.5) is 0 Å². The Labute approximate surface area is 157 Å². The van der Waals surface area contributed by atoms with Crippen LogP contribution in [-0.4, -0.2) is 30.1 Å². The molecule has 140 valence electrons. The van der Waals surface area contributed by atoms with Crippen molar-refractivity contribution in [2.75, 3.05) is 0 Å². The fourth-order valence-corrected chi connectivity index (χ4v) is 2.97. The molecule has 6 heteroatoms. The first kappa shape index (κ1) is 17.4. The zero-order valence-electron chi connectivity index (χ0n) is 15.0. The lowest BCUT2D eigenvalue weighted by Crippen LogP contribution is -2.46. The van der Waals surface area contributed by atoms with E-state index in [1.807, 2.05) is 12.1 Å². The largest absolute Gasteiger partial charge is 0.482 e. The molecule has 0 aromatic heterocycles. The topological polar surface area (TPSA) is 73.9 Å². The van der Waals surface area contributed by atoms with Crippen LogP contribution in [0.2, 0.25) is 0 Å². The zero-order chi connectivity index (χ0) is 18.8. The molecule has 0 radical (unpaired) electrons. The van der Waals surface area contributed by atoms with Gasteiger partial charge in [0.15, 0.2) is 11.5 Å². The lowest BCUT2D eigenvalue weighted by atomic mass is 10.1. The molecule has 1 amide bonds. The van der Waals surface area contributed by atoms with Gasteiger partial charge in [-0.3, -0.25) is 4.79 Å². The number of benzene rings is 2. The summed E-state index contributed by atoms with van der Waals surface area (Å²) >= 11 is 0. The number of amides is 1. The highest BCUT2D eigenvalue weighted by Crippen LogP contribution is 2.34. The van der Waals surface area contributed by atoms with Crippen molar-refractivity contribution in [1.82, 2.24) is 5.32 Å². The van der Waals surface area contributed by atoms with Crippen LogP contribution in [0.1, 0.15) is 31.4 Å². The first-order valence-electron chi connectivity index (χ1n) is 9.10. The molecule has 1 N–H and O–H groups in total. The first-order chi connectivity index (χ1) is 13.1. The van der Waals surface area contributed by atoms with E-state index in [2.05, 4.69) is 5.32 Å². The Bertz CT molecular complexity index is 833. The summed E-state index contributed by atoms with van der Waals surface area (Å²) in [5.74, 6) is 0.120. The number of para-hydroxylation sites is 2. The number of fused-ring (bicyclic) bond motifs is 1. The van der Waals surface area contributed by atoms with Crippen molar-refractivity contribution in [2.24, 2.45) is 0 Å². The minimum Gasteiger partial charge on any atom is -0.482 e. The van der Waals surface area contributed by atoms with Crippen molar-refractivity contribution in [3.05, 3.63) is 60.2 Å². The molecule has 1 heterocycles. The molecule has 6 nitrogen and oxygen atoms in total. The molecule has 1 aliphatic heterocycles. The van der Waals surface area contributed by atoms with Crippen LogP contribution in [0, 0.1) is 0 Å². The number of carbonyl (C=O) groups excluding carboxylic acids is 2. The number of esters is 1. The van der Waals surface area contributed by atoms with E-state index in [0.29, 0.717) is 17.1 Å². The Morgan fingerprint density at radius 1 is 1.00 bits per heavy atom. The standard InChI is InChI=1S/C21H21NO5/c1-13-18(26-17-10-6-5-9-16(17)25-13)21(24)27-19(14-7-3-2-4-8-14)20(23)22-15-11-12-15/h2-10,13,15,18-19H,11-12H2,1H3,(H,22,23)/t13-,18-,19+/m0/s1. The molecular weight excluding hydrogens is 346 g/mol. The van der Waals surface area contributed by atoms with Crippen molar-refractivity contribution in [3.8, 4) is 11.5 Å². The van der Waals surface area contributed by atoms with Crippen molar-refractivity contribution in [3.63, 3.8) is 0 Å². The van der Waals surface area contributed by atoms with Crippen LogP contribution in [0.5, 0.6) is 11.5 Å². The van der Waals surface area contributed by atoms with E-state index in [-0.39, 0.29) is 11.9 Å². The van der Waals surface area contributed by atoms with Gasteiger partial charge in [0, 0.05) is 11.6 Å². The maximum atomic E-state index is 12.8. The van der Waals surface area contributed by atoms with Gasteiger partial charge in [-0.05, 0) is 31.9 Å². The number of rotatable bonds is 5. The van der Waals surface area contributed by atoms with Gasteiger partial charge in [-0.25, -0.2) is 4.79 Å². The Morgan fingerprint density at radius 2 is 1.63 bits per heavy atom. The van der Waals surface area contributed by atoms with E-state index in [4.69, 9.17) is 14.2 Å². The molecule has 27 heavy (non-hydrogen) atoms. The van der Waals surface area contributed by atoms with Gasteiger partial charge >= 0.3 is 5.97 Å². The van der Waals surface area contributed by atoms with Crippen LogP contribution in [0.25, 0.3) is 0 Å². The summed E-state index contributed by atoms with van der Waals surface area (Å²) in [6.45, 7) is 1.74. The molecule has 0 saturated heterocycles.